The second-order valence-electron chi connectivity index (χ2n) is 3.87. The van der Waals surface area contributed by atoms with Crippen molar-refractivity contribution in [1.29, 1.82) is 0 Å². The predicted molar refractivity (Wildman–Crippen MR) is 61.9 cm³/mol. The Labute approximate surface area is 95.0 Å². The van der Waals surface area contributed by atoms with Gasteiger partial charge in [-0.25, -0.2) is 4.68 Å². The molecule has 0 aliphatic heterocycles. The minimum atomic E-state index is -0.0442. The van der Waals surface area contributed by atoms with Gasteiger partial charge < -0.3 is 9.69 Å². The average molecular weight is 223 g/mol. The molecule has 5 heteroatoms. The fourth-order valence-electron chi connectivity index (χ4n) is 1.43. The third-order valence-corrected chi connectivity index (χ3v) is 2.27. The molecule has 0 fully saturated rings. The molecule has 16 heavy (non-hydrogen) atoms. The van der Waals surface area contributed by atoms with Gasteiger partial charge in [-0.3, -0.25) is 4.79 Å². The van der Waals surface area contributed by atoms with Crippen molar-refractivity contribution in [2.24, 2.45) is 0 Å². The number of anilines is 1. The summed E-state index contributed by atoms with van der Waals surface area (Å²) in [4.78, 5) is 23.3. The van der Waals surface area contributed by atoms with Gasteiger partial charge in [0.05, 0.1) is 0 Å². The summed E-state index contributed by atoms with van der Waals surface area (Å²) in [6.45, 7) is 2.15. The van der Waals surface area contributed by atoms with Crippen LogP contribution < -0.4 is 4.90 Å². The van der Waals surface area contributed by atoms with Crippen LogP contribution in [0.1, 0.15) is 30.3 Å². The van der Waals surface area contributed by atoms with Crippen molar-refractivity contribution in [2.45, 2.75) is 26.3 Å². The molecule has 1 aromatic rings. The molecule has 0 radical (unpaired) electrons. The molecular weight excluding hydrogens is 206 g/mol. The molecule has 0 N–H and O–H groups in total. The molecule has 0 unspecified atom stereocenters. The molecular formula is C11H17N3O2. The first-order valence-corrected chi connectivity index (χ1v) is 5.26. The van der Waals surface area contributed by atoms with E-state index in [0.29, 0.717) is 18.7 Å². The highest BCUT2D eigenvalue weighted by Crippen LogP contribution is 2.15. The van der Waals surface area contributed by atoms with Gasteiger partial charge in [-0.15, -0.1) is 0 Å². The van der Waals surface area contributed by atoms with Crippen LogP contribution in [0, 0.1) is 0 Å². The quantitative estimate of drug-likeness (QED) is 0.412. The molecule has 5 nitrogen and oxygen atoms in total. The minimum Gasteiger partial charge on any atom is -0.363 e. The maximum atomic E-state index is 11.2. The highest BCUT2D eigenvalue weighted by Gasteiger charge is 2.11. The first-order valence-electron chi connectivity index (χ1n) is 5.26. The van der Waals surface area contributed by atoms with Crippen LogP contribution >= 0.6 is 0 Å². The smallest absolute Gasteiger partial charge is 0.180 e. The fraction of sp³-hybridized carbons (Fsp3) is 0.545. The second-order valence-corrected chi connectivity index (χ2v) is 3.87. The van der Waals surface area contributed by atoms with E-state index < -0.39 is 0 Å². The maximum Gasteiger partial charge on any atom is 0.180 e. The number of ketones is 1. The van der Waals surface area contributed by atoms with E-state index in [1.165, 1.54) is 6.92 Å². The van der Waals surface area contributed by atoms with Crippen molar-refractivity contribution < 1.29 is 9.59 Å². The van der Waals surface area contributed by atoms with Crippen molar-refractivity contribution in [1.82, 2.24) is 9.78 Å². The number of aromatic nitrogens is 2. The lowest BCUT2D eigenvalue weighted by molar-refractivity contribution is -0.107. The summed E-state index contributed by atoms with van der Waals surface area (Å²) < 4.78 is 1.76. The number of carbonyl (C=O) groups is 2. The Kier molecular flexibility index (Phi) is 4.22. The van der Waals surface area contributed by atoms with Crippen LogP contribution in [0.15, 0.2) is 6.07 Å². The lowest BCUT2D eigenvalue weighted by atomic mass is 10.3. The van der Waals surface area contributed by atoms with E-state index in [1.807, 2.05) is 19.0 Å². The van der Waals surface area contributed by atoms with Gasteiger partial charge in [0.15, 0.2) is 5.78 Å². The van der Waals surface area contributed by atoms with Crippen LogP contribution in [-0.4, -0.2) is 35.9 Å². The summed E-state index contributed by atoms with van der Waals surface area (Å²) in [5.74, 6) is 0.841. The largest absolute Gasteiger partial charge is 0.363 e. The van der Waals surface area contributed by atoms with Crippen LogP contribution in [0.3, 0.4) is 0 Å². The molecule has 1 rings (SSSR count). The van der Waals surface area contributed by atoms with E-state index in [4.69, 9.17) is 0 Å². The van der Waals surface area contributed by atoms with Gasteiger partial charge >= 0.3 is 0 Å². The van der Waals surface area contributed by atoms with E-state index in [2.05, 4.69) is 5.10 Å². The number of nitrogens with zero attached hydrogens (tertiary/aromatic N) is 3. The van der Waals surface area contributed by atoms with Crippen LogP contribution in [-0.2, 0) is 11.3 Å². The van der Waals surface area contributed by atoms with Gasteiger partial charge in [0.2, 0.25) is 0 Å². The number of carbonyl (C=O) groups excluding carboxylic acids is 2. The Morgan fingerprint density at radius 3 is 2.75 bits per heavy atom. The summed E-state index contributed by atoms with van der Waals surface area (Å²) >= 11 is 0. The van der Waals surface area contributed by atoms with Crippen molar-refractivity contribution in [3.8, 4) is 0 Å². The first-order chi connectivity index (χ1) is 7.56. The first kappa shape index (κ1) is 12.4. The topological polar surface area (TPSA) is 55.2 Å². The monoisotopic (exact) mass is 223 g/mol. The van der Waals surface area contributed by atoms with Crippen LogP contribution in [0.4, 0.5) is 5.82 Å². The molecule has 0 amide bonds. The zero-order chi connectivity index (χ0) is 12.1. The van der Waals surface area contributed by atoms with Crippen LogP contribution in [0.25, 0.3) is 0 Å². The number of Topliss-reactive ketones (excluding diaryl/α,β-unsaturated/α-hetero) is 1. The standard InChI is InChI=1S/C11H17N3O2/c1-9(16)10-8-11(13(2)3)14(12-10)6-4-5-7-15/h7-8H,4-6H2,1-3H3. The number of hydrogen-bond acceptors (Lipinski definition) is 4. The van der Waals surface area contributed by atoms with Gasteiger partial charge in [0.1, 0.15) is 17.8 Å². The maximum absolute atomic E-state index is 11.2. The minimum absolute atomic E-state index is 0.0442. The van der Waals surface area contributed by atoms with E-state index in [9.17, 15) is 9.59 Å². The molecule has 0 bridgehead atoms. The van der Waals surface area contributed by atoms with E-state index >= 15 is 0 Å². The van der Waals surface area contributed by atoms with Gasteiger partial charge in [-0.2, -0.15) is 5.10 Å². The SMILES string of the molecule is CC(=O)c1cc(N(C)C)n(CCCC=O)n1. The fourth-order valence-corrected chi connectivity index (χ4v) is 1.43. The third-order valence-electron chi connectivity index (χ3n) is 2.27. The van der Waals surface area contributed by atoms with E-state index in [1.54, 1.807) is 10.7 Å². The second kappa shape index (κ2) is 5.44. The van der Waals surface area contributed by atoms with Gasteiger partial charge in [-0.1, -0.05) is 0 Å². The van der Waals surface area contributed by atoms with E-state index in [0.717, 1.165) is 18.5 Å². The Morgan fingerprint density at radius 2 is 2.25 bits per heavy atom. The highest BCUT2D eigenvalue weighted by atomic mass is 16.1. The molecule has 0 saturated carbocycles. The lowest BCUT2D eigenvalue weighted by Crippen LogP contribution is -2.15. The van der Waals surface area contributed by atoms with Gasteiger partial charge in [0.25, 0.3) is 0 Å². The molecule has 0 aromatic carbocycles. The summed E-state index contributed by atoms with van der Waals surface area (Å²) in [6, 6.07) is 1.77. The van der Waals surface area contributed by atoms with Crippen molar-refractivity contribution in [3.63, 3.8) is 0 Å². The van der Waals surface area contributed by atoms with E-state index in [-0.39, 0.29) is 5.78 Å². The molecule has 0 spiro atoms. The zero-order valence-corrected chi connectivity index (χ0v) is 9.93. The van der Waals surface area contributed by atoms with Gasteiger partial charge in [-0.05, 0) is 6.42 Å². The Hall–Kier alpha value is -1.65. The van der Waals surface area contributed by atoms with Crippen molar-refractivity contribution in [2.75, 3.05) is 19.0 Å². The lowest BCUT2D eigenvalue weighted by Gasteiger charge is -2.13. The number of aldehydes is 1. The molecule has 1 aromatic heterocycles. The Morgan fingerprint density at radius 1 is 1.56 bits per heavy atom. The highest BCUT2D eigenvalue weighted by molar-refractivity contribution is 5.92. The molecule has 88 valence electrons. The molecule has 1 heterocycles. The molecule has 0 saturated heterocycles. The van der Waals surface area contributed by atoms with Crippen LogP contribution in [0.5, 0.6) is 0 Å². The summed E-state index contributed by atoms with van der Waals surface area (Å²) in [6.07, 6.45) is 2.15. The number of unbranched alkanes of at least 4 members (excludes halogenated alkanes) is 1. The van der Waals surface area contributed by atoms with Crippen molar-refractivity contribution in [3.05, 3.63) is 11.8 Å². The Bertz CT molecular complexity index is 383. The molecule has 0 atom stereocenters. The normalized spacial score (nSPS) is 10.2. The Balaban J connectivity index is 2.87. The summed E-state index contributed by atoms with van der Waals surface area (Å²) in [5, 5.41) is 4.21. The van der Waals surface area contributed by atoms with Crippen molar-refractivity contribution >= 4 is 17.9 Å². The summed E-state index contributed by atoms with van der Waals surface area (Å²) in [7, 11) is 3.80. The average Bonchev–Trinajstić information content (AvgIpc) is 2.62. The summed E-state index contributed by atoms with van der Waals surface area (Å²) in [5.41, 5.74) is 0.467. The number of rotatable bonds is 6. The van der Waals surface area contributed by atoms with Crippen LogP contribution in [0.2, 0.25) is 0 Å². The number of aryl methyl sites for hydroxylation is 1. The molecule has 0 aliphatic carbocycles. The van der Waals surface area contributed by atoms with Gasteiger partial charge in [0, 0.05) is 40.1 Å². The molecule has 0 aliphatic rings. The zero-order valence-electron chi connectivity index (χ0n) is 9.93. The number of hydrogen-bond donors (Lipinski definition) is 0. The predicted octanol–water partition coefficient (Wildman–Crippen LogP) is 1.13. The third kappa shape index (κ3) is 2.92.